The molecule has 1 aliphatic heterocycles. The van der Waals surface area contributed by atoms with Crippen molar-refractivity contribution in [1.29, 1.82) is 5.26 Å². The second-order valence-electron chi connectivity index (χ2n) is 6.28. The number of hydrogen-bond acceptors (Lipinski definition) is 4. The molecule has 1 heterocycles. The summed E-state index contributed by atoms with van der Waals surface area (Å²) in [7, 11) is 0. The predicted molar refractivity (Wildman–Crippen MR) is 104 cm³/mol. The maximum absolute atomic E-state index is 12.9. The zero-order valence-corrected chi connectivity index (χ0v) is 16.1. The number of urea groups is 1. The van der Waals surface area contributed by atoms with Gasteiger partial charge in [-0.2, -0.15) is 5.26 Å². The van der Waals surface area contributed by atoms with Crippen LogP contribution in [0.5, 0.6) is 0 Å². The van der Waals surface area contributed by atoms with Crippen molar-refractivity contribution in [2.45, 2.75) is 12.5 Å². The molecular formula is C19H14Cl2N4O3. The van der Waals surface area contributed by atoms with Gasteiger partial charge in [-0.15, -0.1) is 0 Å². The van der Waals surface area contributed by atoms with E-state index in [0.29, 0.717) is 16.3 Å². The molecule has 2 aromatic rings. The molecular weight excluding hydrogens is 403 g/mol. The van der Waals surface area contributed by atoms with E-state index in [2.05, 4.69) is 10.6 Å². The summed E-state index contributed by atoms with van der Waals surface area (Å²) in [6.07, 6.45) is 0. The Morgan fingerprint density at radius 2 is 1.96 bits per heavy atom. The largest absolute Gasteiger partial charge is 0.325 e. The first-order chi connectivity index (χ1) is 13.3. The molecule has 7 nitrogen and oxygen atoms in total. The number of imide groups is 1. The Morgan fingerprint density at radius 1 is 1.25 bits per heavy atom. The summed E-state index contributed by atoms with van der Waals surface area (Å²) >= 11 is 12.1. The van der Waals surface area contributed by atoms with E-state index < -0.39 is 29.9 Å². The zero-order chi connectivity index (χ0) is 20.5. The van der Waals surface area contributed by atoms with Crippen molar-refractivity contribution < 1.29 is 14.4 Å². The van der Waals surface area contributed by atoms with Gasteiger partial charge in [0, 0.05) is 15.6 Å². The van der Waals surface area contributed by atoms with Crippen LogP contribution in [-0.2, 0) is 15.1 Å². The van der Waals surface area contributed by atoms with Crippen LogP contribution in [0, 0.1) is 11.3 Å². The van der Waals surface area contributed by atoms with Crippen LogP contribution in [0.1, 0.15) is 18.1 Å². The Bertz CT molecular complexity index is 1030. The number of amides is 4. The molecule has 0 radical (unpaired) electrons. The number of nitrogens with zero attached hydrogens (tertiary/aromatic N) is 2. The number of halogens is 2. The van der Waals surface area contributed by atoms with Crippen molar-refractivity contribution in [2.24, 2.45) is 0 Å². The van der Waals surface area contributed by atoms with Crippen LogP contribution in [-0.4, -0.2) is 29.3 Å². The highest BCUT2D eigenvalue weighted by molar-refractivity contribution is 6.35. The third kappa shape index (κ3) is 3.52. The zero-order valence-electron chi connectivity index (χ0n) is 14.6. The monoisotopic (exact) mass is 416 g/mol. The molecule has 0 spiro atoms. The van der Waals surface area contributed by atoms with Crippen LogP contribution < -0.4 is 10.6 Å². The second-order valence-corrected chi connectivity index (χ2v) is 7.12. The van der Waals surface area contributed by atoms with Gasteiger partial charge in [0.05, 0.1) is 11.3 Å². The molecule has 0 aromatic heterocycles. The standard InChI is InChI=1S/C19H14Cl2N4O3/c1-19(13-7-6-12(20)8-14(13)21)17(27)25(18(28)24-19)10-16(26)23-15-5-3-2-4-11(15)9-22/h2-8H,10H2,1H3,(H,23,26)(H,24,28)/t19-/m1/s1. The number of para-hydroxylation sites is 1. The van der Waals surface area contributed by atoms with E-state index in [1.165, 1.54) is 13.0 Å². The number of rotatable bonds is 4. The summed E-state index contributed by atoms with van der Waals surface area (Å²) in [5.74, 6) is -1.23. The van der Waals surface area contributed by atoms with Crippen LogP contribution in [0.2, 0.25) is 10.0 Å². The summed E-state index contributed by atoms with van der Waals surface area (Å²) in [6, 6.07) is 12.2. The minimum Gasteiger partial charge on any atom is -0.323 e. The van der Waals surface area contributed by atoms with Gasteiger partial charge in [0.1, 0.15) is 18.2 Å². The number of nitriles is 1. The number of carbonyl (C=O) groups excluding carboxylic acids is 3. The Labute approximate surface area is 170 Å². The van der Waals surface area contributed by atoms with Crippen LogP contribution in [0.3, 0.4) is 0 Å². The smallest absolute Gasteiger partial charge is 0.323 e. The van der Waals surface area contributed by atoms with Gasteiger partial charge >= 0.3 is 6.03 Å². The molecule has 0 unspecified atom stereocenters. The maximum Gasteiger partial charge on any atom is 0.325 e. The van der Waals surface area contributed by atoms with Gasteiger partial charge in [0.25, 0.3) is 5.91 Å². The van der Waals surface area contributed by atoms with E-state index in [0.717, 1.165) is 4.90 Å². The molecule has 0 aliphatic carbocycles. The van der Waals surface area contributed by atoms with Gasteiger partial charge in [-0.05, 0) is 31.2 Å². The van der Waals surface area contributed by atoms with E-state index in [1.807, 2.05) is 6.07 Å². The van der Waals surface area contributed by atoms with Crippen LogP contribution >= 0.6 is 23.2 Å². The first kappa shape index (κ1) is 19.7. The molecule has 1 aliphatic rings. The molecule has 1 saturated heterocycles. The quantitative estimate of drug-likeness (QED) is 0.746. The topological polar surface area (TPSA) is 102 Å². The van der Waals surface area contributed by atoms with E-state index >= 15 is 0 Å². The highest BCUT2D eigenvalue weighted by atomic mass is 35.5. The fraction of sp³-hybridized carbons (Fsp3) is 0.158. The SMILES string of the molecule is C[C@]1(c2ccc(Cl)cc2Cl)NC(=O)N(CC(=O)Nc2ccccc2C#N)C1=O. The Balaban J connectivity index is 1.80. The summed E-state index contributed by atoms with van der Waals surface area (Å²) in [5, 5.41) is 14.8. The molecule has 3 rings (SSSR count). The van der Waals surface area contributed by atoms with Gasteiger partial charge < -0.3 is 10.6 Å². The third-order valence-corrected chi connectivity index (χ3v) is 4.92. The minimum atomic E-state index is -1.43. The van der Waals surface area contributed by atoms with Crippen molar-refractivity contribution in [3.8, 4) is 6.07 Å². The lowest BCUT2D eigenvalue weighted by atomic mass is 9.92. The Hall–Kier alpha value is -3.08. The first-order valence-electron chi connectivity index (χ1n) is 8.15. The minimum absolute atomic E-state index is 0.220. The van der Waals surface area contributed by atoms with Gasteiger partial charge in [0.15, 0.2) is 0 Å². The molecule has 2 N–H and O–H groups in total. The average Bonchev–Trinajstić information content (AvgIpc) is 2.86. The van der Waals surface area contributed by atoms with Crippen LogP contribution in [0.25, 0.3) is 0 Å². The van der Waals surface area contributed by atoms with E-state index in [1.54, 1.807) is 36.4 Å². The second kappa shape index (κ2) is 7.50. The highest BCUT2D eigenvalue weighted by Crippen LogP contribution is 2.34. The fourth-order valence-electron chi connectivity index (χ4n) is 2.94. The summed E-state index contributed by atoms with van der Waals surface area (Å²) in [6.45, 7) is 0.996. The number of nitrogens with one attached hydrogen (secondary N) is 2. The number of benzene rings is 2. The molecule has 4 amide bonds. The van der Waals surface area contributed by atoms with Crippen LogP contribution in [0.4, 0.5) is 10.5 Å². The average molecular weight is 417 g/mol. The summed E-state index contributed by atoms with van der Waals surface area (Å²) in [4.78, 5) is 38.4. The Kier molecular flexibility index (Phi) is 5.27. The molecule has 9 heteroatoms. The number of anilines is 1. The molecule has 1 fully saturated rings. The van der Waals surface area contributed by atoms with Crippen molar-refractivity contribution in [3.63, 3.8) is 0 Å². The lowest BCUT2D eigenvalue weighted by Gasteiger charge is -2.23. The van der Waals surface area contributed by atoms with Gasteiger partial charge in [-0.1, -0.05) is 41.4 Å². The molecule has 142 valence electrons. The fourth-order valence-corrected chi connectivity index (χ4v) is 3.54. The van der Waals surface area contributed by atoms with E-state index in [4.69, 9.17) is 28.5 Å². The molecule has 0 saturated carbocycles. The van der Waals surface area contributed by atoms with Crippen molar-refractivity contribution in [2.75, 3.05) is 11.9 Å². The first-order valence-corrected chi connectivity index (χ1v) is 8.90. The van der Waals surface area contributed by atoms with Crippen molar-refractivity contribution in [3.05, 3.63) is 63.6 Å². The molecule has 28 heavy (non-hydrogen) atoms. The van der Waals surface area contributed by atoms with Gasteiger partial charge in [0.2, 0.25) is 5.91 Å². The number of hydrogen-bond donors (Lipinski definition) is 2. The lowest BCUT2D eigenvalue weighted by molar-refractivity contribution is -0.133. The maximum atomic E-state index is 12.9. The van der Waals surface area contributed by atoms with Gasteiger partial charge in [-0.25, -0.2) is 4.79 Å². The third-order valence-electron chi connectivity index (χ3n) is 4.37. The number of carbonyl (C=O) groups is 3. The van der Waals surface area contributed by atoms with E-state index in [9.17, 15) is 14.4 Å². The van der Waals surface area contributed by atoms with Crippen LogP contribution in [0.15, 0.2) is 42.5 Å². The van der Waals surface area contributed by atoms with Gasteiger partial charge in [-0.3, -0.25) is 14.5 Å². The van der Waals surface area contributed by atoms with Crippen molar-refractivity contribution >= 4 is 46.7 Å². The Morgan fingerprint density at radius 3 is 2.64 bits per heavy atom. The highest BCUT2D eigenvalue weighted by Gasteiger charge is 2.50. The molecule has 2 aromatic carbocycles. The van der Waals surface area contributed by atoms with E-state index in [-0.39, 0.29) is 10.6 Å². The summed E-state index contributed by atoms with van der Waals surface area (Å²) < 4.78 is 0. The summed E-state index contributed by atoms with van der Waals surface area (Å²) in [5.41, 5.74) is -0.491. The normalized spacial score (nSPS) is 18.6. The molecule has 1 atom stereocenters. The lowest BCUT2D eigenvalue weighted by Crippen LogP contribution is -2.42. The van der Waals surface area contributed by atoms with Crippen molar-refractivity contribution in [1.82, 2.24) is 10.2 Å². The predicted octanol–water partition coefficient (Wildman–Crippen LogP) is 3.27. The molecule has 0 bridgehead atoms.